The molecule has 6 heteroatoms. The minimum Gasteiger partial charge on any atom is -0.481 e. The molecule has 0 fully saturated rings. The van der Waals surface area contributed by atoms with E-state index in [1.54, 1.807) is 0 Å². The Balaban J connectivity index is 0. The van der Waals surface area contributed by atoms with Crippen LogP contribution in [0.15, 0.2) is 0 Å². The average molecular weight is 221 g/mol. The summed E-state index contributed by atoms with van der Waals surface area (Å²) in [6.07, 6.45) is -0.532. The molecule has 0 aromatic carbocycles. The van der Waals surface area contributed by atoms with Gasteiger partial charge in [-0.05, 0) is 0 Å². The summed E-state index contributed by atoms with van der Waals surface area (Å²) < 4.78 is 0. The third-order valence-corrected chi connectivity index (χ3v) is 0.712. The maximum atomic E-state index is 9.85. The maximum Gasteiger partial charge on any atom is 0.321 e. The molecule has 1 atom stereocenters. The van der Waals surface area contributed by atoms with E-state index in [1.165, 1.54) is 0 Å². The number of aliphatic carboxylic acids is 2. The summed E-state index contributed by atoms with van der Waals surface area (Å²) in [4.78, 5) is 19.6. The molecule has 4 N–H and O–H groups in total. The van der Waals surface area contributed by atoms with Crippen molar-refractivity contribution >= 4 is 57.4 Å². The first kappa shape index (κ1) is 13.0. The van der Waals surface area contributed by atoms with Crippen molar-refractivity contribution in [2.24, 2.45) is 5.73 Å². The fourth-order valence-electron chi connectivity index (χ4n) is 0.275. The molecule has 0 aliphatic carbocycles. The summed E-state index contributed by atoms with van der Waals surface area (Å²) in [5.74, 6) is -2.50. The molecule has 0 amide bonds. The van der Waals surface area contributed by atoms with Gasteiger partial charge in [-0.1, -0.05) is 0 Å². The Morgan fingerprint density at radius 2 is 1.80 bits per heavy atom. The number of carboxylic acid groups (broad SMARTS) is 2. The molecule has 0 spiro atoms. The number of carbonyl (C=O) groups is 2. The van der Waals surface area contributed by atoms with Gasteiger partial charge in [-0.25, -0.2) is 0 Å². The average Bonchev–Trinajstić information content (AvgIpc) is 1.63. The molecule has 0 saturated heterocycles. The Kier molecular flexibility index (Phi) is 7.95. The van der Waals surface area contributed by atoms with E-state index in [4.69, 9.17) is 15.9 Å². The molecule has 0 aliphatic heterocycles. The second-order valence-electron chi connectivity index (χ2n) is 1.54. The van der Waals surface area contributed by atoms with Gasteiger partial charge in [0.05, 0.1) is 6.42 Å². The van der Waals surface area contributed by atoms with Gasteiger partial charge in [0.2, 0.25) is 0 Å². The van der Waals surface area contributed by atoms with Crippen LogP contribution in [0.5, 0.6) is 0 Å². The first-order chi connectivity index (χ1) is 4.04. The van der Waals surface area contributed by atoms with E-state index in [-0.39, 0.29) is 45.5 Å². The van der Waals surface area contributed by atoms with E-state index in [1.807, 2.05) is 0 Å². The van der Waals surface area contributed by atoms with Crippen LogP contribution in [-0.2, 0) is 9.59 Å². The van der Waals surface area contributed by atoms with Gasteiger partial charge >= 0.3 is 11.9 Å². The number of nitrogens with two attached hydrogens (primary N) is 1. The fourth-order valence-corrected chi connectivity index (χ4v) is 0.275. The van der Waals surface area contributed by atoms with E-state index in [0.29, 0.717) is 0 Å². The Labute approximate surface area is 94.5 Å². The second kappa shape index (κ2) is 6.11. The maximum absolute atomic E-state index is 9.85. The van der Waals surface area contributed by atoms with Crippen molar-refractivity contribution in [3.8, 4) is 0 Å². The molecule has 0 saturated carbocycles. The normalized spacial score (nSPS) is 11.3. The fraction of sp³-hybridized carbons (Fsp3) is 0.500. The van der Waals surface area contributed by atoms with Crippen LogP contribution in [0.25, 0.3) is 0 Å². The van der Waals surface area contributed by atoms with Gasteiger partial charge in [0, 0.05) is 45.5 Å². The van der Waals surface area contributed by atoms with Gasteiger partial charge in [-0.15, -0.1) is 0 Å². The smallest absolute Gasteiger partial charge is 0.321 e. The molecule has 0 aromatic heterocycles. The van der Waals surface area contributed by atoms with Crippen molar-refractivity contribution in [2.45, 2.75) is 12.5 Å². The van der Waals surface area contributed by atoms with E-state index in [9.17, 15) is 9.59 Å². The molecule has 0 bridgehead atoms. The van der Waals surface area contributed by atoms with Crippen LogP contribution in [0.2, 0.25) is 0 Å². The SMILES string of the molecule is N[C@@H](CC(=O)O)C(=O)O.[Sr]. The molecule has 2 radical (unpaired) electrons. The first-order valence-corrected chi connectivity index (χ1v) is 2.24. The first-order valence-electron chi connectivity index (χ1n) is 2.24. The van der Waals surface area contributed by atoms with Crippen molar-refractivity contribution < 1.29 is 19.8 Å². The number of rotatable bonds is 3. The van der Waals surface area contributed by atoms with Gasteiger partial charge in [0.25, 0.3) is 0 Å². The topological polar surface area (TPSA) is 101 Å². The van der Waals surface area contributed by atoms with E-state index in [2.05, 4.69) is 0 Å². The van der Waals surface area contributed by atoms with Crippen LogP contribution in [0.1, 0.15) is 6.42 Å². The molecule has 5 nitrogen and oxygen atoms in total. The molecule has 0 aliphatic rings. The zero-order valence-corrected chi connectivity index (χ0v) is 8.76. The summed E-state index contributed by atoms with van der Waals surface area (Å²) in [7, 11) is 0. The summed E-state index contributed by atoms with van der Waals surface area (Å²) in [6.45, 7) is 0. The molecular weight excluding hydrogens is 214 g/mol. The van der Waals surface area contributed by atoms with Gasteiger partial charge in [0.15, 0.2) is 0 Å². The van der Waals surface area contributed by atoms with Crippen LogP contribution < -0.4 is 5.73 Å². The number of hydrogen-bond acceptors (Lipinski definition) is 3. The second-order valence-corrected chi connectivity index (χ2v) is 1.54. The Hall–Kier alpha value is 0.381. The predicted octanol–water partition coefficient (Wildman–Crippen LogP) is -1.51. The third-order valence-electron chi connectivity index (χ3n) is 0.712. The van der Waals surface area contributed by atoms with Crippen molar-refractivity contribution in [2.75, 3.05) is 0 Å². The minimum atomic E-state index is -1.29. The van der Waals surface area contributed by atoms with E-state index >= 15 is 0 Å². The Bertz CT molecular complexity index is 137. The minimum absolute atomic E-state index is 0. The van der Waals surface area contributed by atoms with Gasteiger partial charge in [-0.3, -0.25) is 9.59 Å². The third kappa shape index (κ3) is 6.50. The predicted molar refractivity (Wildman–Crippen MR) is 33.6 cm³/mol. The number of hydrogen-bond donors (Lipinski definition) is 3. The van der Waals surface area contributed by atoms with Gasteiger partial charge in [0.1, 0.15) is 6.04 Å². The summed E-state index contributed by atoms with van der Waals surface area (Å²) in [5.41, 5.74) is 4.84. The molecule has 0 unspecified atom stereocenters. The summed E-state index contributed by atoms with van der Waals surface area (Å²) in [5, 5.41) is 16.0. The summed E-state index contributed by atoms with van der Waals surface area (Å²) >= 11 is 0. The Morgan fingerprint density at radius 1 is 1.40 bits per heavy atom. The van der Waals surface area contributed by atoms with Crippen molar-refractivity contribution in [3.05, 3.63) is 0 Å². The molecular formula is C4H7NO4Sr. The molecule has 0 heterocycles. The monoisotopic (exact) mass is 221 g/mol. The van der Waals surface area contributed by atoms with Crippen LogP contribution in [0.4, 0.5) is 0 Å². The largest absolute Gasteiger partial charge is 0.481 e. The zero-order chi connectivity index (χ0) is 7.44. The van der Waals surface area contributed by atoms with Crippen LogP contribution in [0.3, 0.4) is 0 Å². The van der Waals surface area contributed by atoms with Crippen LogP contribution in [0, 0.1) is 0 Å². The molecule has 54 valence electrons. The molecule has 0 aromatic rings. The molecule has 10 heavy (non-hydrogen) atoms. The summed E-state index contributed by atoms with van der Waals surface area (Å²) in [6, 6.07) is -1.29. The van der Waals surface area contributed by atoms with Gasteiger partial charge in [-0.2, -0.15) is 0 Å². The van der Waals surface area contributed by atoms with Crippen molar-refractivity contribution in [1.29, 1.82) is 0 Å². The van der Waals surface area contributed by atoms with Crippen molar-refractivity contribution in [1.82, 2.24) is 0 Å². The van der Waals surface area contributed by atoms with Crippen molar-refractivity contribution in [3.63, 3.8) is 0 Å². The Morgan fingerprint density at radius 3 is 1.90 bits per heavy atom. The van der Waals surface area contributed by atoms with Crippen LogP contribution in [-0.4, -0.2) is 73.7 Å². The zero-order valence-electron chi connectivity index (χ0n) is 5.28. The quantitative estimate of drug-likeness (QED) is 0.503. The van der Waals surface area contributed by atoms with E-state index < -0.39 is 24.4 Å². The molecule has 0 rings (SSSR count). The van der Waals surface area contributed by atoms with Gasteiger partial charge < -0.3 is 15.9 Å². The van der Waals surface area contributed by atoms with Crippen LogP contribution >= 0.6 is 0 Å². The standard InChI is InChI=1S/C4H7NO4.Sr/c5-2(4(8)9)1-3(6)7;/h2H,1,5H2,(H,6,7)(H,8,9);/t2-;/m0./s1. The number of carboxylic acids is 2. The van der Waals surface area contributed by atoms with E-state index in [0.717, 1.165) is 0 Å².